The molecule has 1 heterocycles. The highest BCUT2D eigenvalue weighted by Gasteiger charge is 2.13. The largest absolute Gasteiger partial charge is 0.456 e. The van der Waals surface area contributed by atoms with Gasteiger partial charge in [-0.1, -0.05) is 60.1 Å². The summed E-state index contributed by atoms with van der Waals surface area (Å²) in [5.41, 5.74) is 3.94. The van der Waals surface area contributed by atoms with Crippen LogP contribution in [0.1, 0.15) is 0 Å². The second-order valence-electron chi connectivity index (χ2n) is 4.76. The molecule has 4 rings (SSSR count). The van der Waals surface area contributed by atoms with Crippen LogP contribution in [0, 0.1) is 0 Å². The Morgan fingerprint density at radius 3 is 2.25 bits per heavy atom. The van der Waals surface area contributed by atoms with Crippen LogP contribution in [0.15, 0.2) is 71.1 Å². The molecule has 0 radical (unpaired) electrons. The zero-order valence-corrected chi connectivity index (χ0v) is 11.4. The quantitative estimate of drug-likeness (QED) is 0.422. The molecule has 0 saturated heterocycles. The summed E-state index contributed by atoms with van der Waals surface area (Å²) >= 11 is 6.35. The molecule has 1 aromatic heterocycles. The highest BCUT2D eigenvalue weighted by molar-refractivity contribution is 6.34. The van der Waals surface area contributed by atoms with Crippen LogP contribution in [0.5, 0.6) is 0 Å². The minimum absolute atomic E-state index is 0.755. The van der Waals surface area contributed by atoms with E-state index in [1.807, 2.05) is 54.6 Å². The number of furan rings is 1. The maximum Gasteiger partial charge on any atom is 0.136 e. The van der Waals surface area contributed by atoms with Crippen molar-refractivity contribution in [1.29, 1.82) is 0 Å². The van der Waals surface area contributed by atoms with Crippen molar-refractivity contribution in [3.63, 3.8) is 0 Å². The van der Waals surface area contributed by atoms with E-state index in [1.165, 1.54) is 0 Å². The lowest BCUT2D eigenvalue weighted by Crippen LogP contribution is -1.80. The fourth-order valence-corrected chi connectivity index (χ4v) is 2.92. The molecule has 0 saturated carbocycles. The third kappa shape index (κ3) is 1.64. The molecule has 0 unspecified atom stereocenters. The standard InChI is InChI=1S/C18H11ClO/c19-15-9-3-1-6-12(15)13-8-5-11-17-18(13)14-7-2-4-10-16(14)20-17/h1-11H. The summed E-state index contributed by atoms with van der Waals surface area (Å²) in [4.78, 5) is 0. The van der Waals surface area contributed by atoms with E-state index in [2.05, 4.69) is 12.1 Å². The van der Waals surface area contributed by atoms with Crippen LogP contribution >= 0.6 is 11.6 Å². The fraction of sp³-hybridized carbons (Fsp3) is 0. The average molecular weight is 279 g/mol. The van der Waals surface area contributed by atoms with Crippen LogP contribution < -0.4 is 0 Å². The number of hydrogen-bond donors (Lipinski definition) is 0. The first-order chi connectivity index (χ1) is 9.84. The Hall–Kier alpha value is -2.25. The van der Waals surface area contributed by atoms with Crippen LogP contribution in [0.25, 0.3) is 33.1 Å². The SMILES string of the molecule is Clc1ccccc1-c1cccc2oc3ccccc3c12. The van der Waals surface area contributed by atoms with Crippen molar-refractivity contribution >= 4 is 33.5 Å². The van der Waals surface area contributed by atoms with Gasteiger partial charge >= 0.3 is 0 Å². The fourth-order valence-electron chi connectivity index (χ4n) is 2.68. The summed E-state index contributed by atoms with van der Waals surface area (Å²) in [5.74, 6) is 0. The smallest absolute Gasteiger partial charge is 0.136 e. The molecule has 0 aliphatic rings. The van der Waals surface area contributed by atoms with E-state index in [-0.39, 0.29) is 0 Å². The lowest BCUT2D eigenvalue weighted by atomic mass is 9.99. The Morgan fingerprint density at radius 2 is 1.35 bits per heavy atom. The summed E-state index contributed by atoms with van der Waals surface area (Å²) < 4.78 is 5.91. The molecular weight excluding hydrogens is 268 g/mol. The molecule has 0 fully saturated rings. The van der Waals surface area contributed by atoms with Gasteiger partial charge < -0.3 is 4.42 Å². The number of halogens is 1. The third-order valence-electron chi connectivity index (χ3n) is 3.57. The molecule has 4 aromatic rings. The Morgan fingerprint density at radius 1 is 0.650 bits per heavy atom. The number of benzene rings is 3. The second-order valence-corrected chi connectivity index (χ2v) is 5.16. The average Bonchev–Trinajstić information content (AvgIpc) is 2.86. The van der Waals surface area contributed by atoms with Gasteiger partial charge in [-0.15, -0.1) is 0 Å². The van der Waals surface area contributed by atoms with E-state index in [9.17, 15) is 0 Å². The molecule has 1 nitrogen and oxygen atoms in total. The van der Waals surface area contributed by atoms with Gasteiger partial charge in [0.05, 0.1) is 0 Å². The van der Waals surface area contributed by atoms with Gasteiger partial charge in [0.1, 0.15) is 11.2 Å². The van der Waals surface area contributed by atoms with Gasteiger partial charge in [0.25, 0.3) is 0 Å². The lowest BCUT2D eigenvalue weighted by Gasteiger charge is -2.05. The van der Waals surface area contributed by atoms with Crippen molar-refractivity contribution in [3.8, 4) is 11.1 Å². The van der Waals surface area contributed by atoms with Crippen molar-refractivity contribution in [2.75, 3.05) is 0 Å². The maximum atomic E-state index is 6.35. The molecule has 0 spiro atoms. The molecule has 0 amide bonds. The summed E-state index contributed by atoms with van der Waals surface area (Å²) in [6.07, 6.45) is 0. The van der Waals surface area contributed by atoms with Gasteiger partial charge in [-0.05, 0) is 23.8 Å². The monoisotopic (exact) mass is 278 g/mol. The Kier molecular flexibility index (Phi) is 2.54. The molecule has 96 valence electrons. The lowest BCUT2D eigenvalue weighted by molar-refractivity contribution is 0.669. The van der Waals surface area contributed by atoms with Crippen molar-refractivity contribution in [3.05, 3.63) is 71.8 Å². The normalized spacial score (nSPS) is 11.2. The zero-order valence-electron chi connectivity index (χ0n) is 10.6. The van der Waals surface area contributed by atoms with Crippen LogP contribution in [-0.2, 0) is 0 Å². The minimum atomic E-state index is 0.755. The Balaban J connectivity index is 2.17. The first-order valence-corrected chi connectivity index (χ1v) is 6.87. The van der Waals surface area contributed by atoms with Crippen LogP contribution in [0.2, 0.25) is 5.02 Å². The van der Waals surface area contributed by atoms with Gasteiger partial charge in [0.15, 0.2) is 0 Å². The molecule has 20 heavy (non-hydrogen) atoms. The first kappa shape index (κ1) is 11.6. The predicted molar refractivity (Wildman–Crippen MR) is 84.2 cm³/mol. The molecule has 3 aromatic carbocycles. The van der Waals surface area contributed by atoms with E-state index in [0.29, 0.717) is 0 Å². The van der Waals surface area contributed by atoms with E-state index in [1.54, 1.807) is 0 Å². The van der Waals surface area contributed by atoms with E-state index >= 15 is 0 Å². The minimum Gasteiger partial charge on any atom is -0.456 e. The summed E-state index contributed by atoms with van der Waals surface area (Å²) in [5, 5.41) is 3.00. The van der Waals surface area contributed by atoms with Crippen LogP contribution in [0.4, 0.5) is 0 Å². The number of rotatable bonds is 1. The Bertz CT molecular complexity index is 921. The second kappa shape index (κ2) is 4.39. The molecule has 2 heteroatoms. The molecule has 0 atom stereocenters. The molecule has 0 aliphatic heterocycles. The van der Waals surface area contributed by atoms with Crippen LogP contribution in [0.3, 0.4) is 0 Å². The van der Waals surface area contributed by atoms with Crippen molar-refractivity contribution in [2.24, 2.45) is 0 Å². The topological polar surface area (TPSA) is 13.1 Å². The van der Waals surface area contributed by atoms with Gasteiger partial charge in [-0.2, -0.15) is 0 Å². The van der Waals surface area contributed by atoms with E-state index < -0.39 is 0 Å². The van der Waals surface area contributed by atoms with Gasteiger partial charge in [-0.3, -0.25) is 0 Å². The highest BCUT2D eigenvalue weighted by Crippen LogP contribution is 2.38. The predicted octanol–water partition coefficient (Wildman–Crippen LogP) is 5.91. The van der Waals surface area contributed by atoms with E-state index in [4.69, 9.17) is 16.0 Å². The first-order valence-electron chi connectivity index (χ1n) is 6.50. The Labute approximate surface area is 121 Å². The highest BCUT2D eigenvalue weighted by atomic mass is 35.5. The van der Waals surface area contributed by atoms with E-state index in [0.717, 1.165) is 38.1 Å². The van der Waals surface area contributed by atoms with Crippen molar-refractivity contribution in [1.82, 2.24) is 0 Å². The molecular formula is C18H11ClO. The summed E-state index contributed by atoms with van der Waals surface area (Å²) in [7, 11) is 0. The van der Waals surface area contributed by atoms with Gasteiger partial charge in [0, 0.05) is 21.4 Å². The van der Waals surface area contributed by atoms with Gasteiger partial charge in [0.2, 0.25) is 0 Å². The molecule has 0 N–H and O–H groups in total. The van der Waals surface area contributed by atoms with Gasteiger partial charge in [-0.25, -0.2) is 0 Å². The third-order valence-corrected chi connectivity index (χ3v) is 3.90. The number of para-hydroxylation sites is 1. The molecule has 0 bridgehead atoms. The number of fused-ring (bicyclic) bond motifs is 3. The maximum absolute atomic E-state index is 6.35. The van der Waals surface area contributed by atoms with Crippen molar-refractivity contribution < 1.29 is 4.42 Å². The summed E-state index contributed by atoms with van der Waals surface area (Å²) in [6.45, 7) is 0. The molecule has 0 aliphatic carbocycles. The van der Waals surface area contributed by atoms with Crippen molar-refractivity contribution in [2.45, 2.75) is 0 Å². The summed E-state index contributed by atoms with van der Waals surface area (Å²) in [6, 6.07) is 22.1. The number of hydrogen-bond acceptors (Lipinski definition) is 1. The zero-order chi connectivity index (χ0) is 13.5. The van der Waals surface area contributed by atoms with Crippen LogP contribution in [-0.4, -0.2) is 0 Å².